The Labute approximate surface area is 125 Å². The van der Waals surface area contributed by atoms with Gasteiger partial charge in [-0.05, 0) is 11.6 Å². The van der Waals surface area contributed by atoms with Crippen molar-refractivity contribution in [3.05, 3.63) is 5.28 Å². The molecule has 0 radical (unpaired) electrons. The molecule has 1 aromatic rings. The Morgan fingerprint density at radius 2 is 1.05 bits per heavy atom. The smallest absolute Gasteiger partial charge is 0.233 e. The Balaban J connectivity index is 3.20. The first-order chi connectivity index (χ1) is 10.2. The lowest BCUT2D eigenvalue weighted by atomic mass is 10.5. The Morgan fingerprint density at radius 1 is 0.714 bits per heavy atom. The van der Waals surface area contributed by atoms with Gasteiger partial charge in [0.05, 0.1) is 24.3 Å². The van der Waals surface area contributed by atoms with E-state index in [4.69, 9.17) is 32.6 Å². The molecular weight excluding hydrogens is 294 g/mol. The van der Waals surface area contributed by atoms with Crippen LogP contribution in [0.2, 0.25) is 5.28 Å². The highest BCUT2D eigenvalue weighted by Crippen LogP contribution is 2.16. The molecule has 9 nitrogen and oxygen atoms in total. The monoisotopic (exact) mass is 301 g/mol. The van der Waals surface area contributed by atoms with Crippen LogP contribution in [-0.2, 0) is 0 Å². The first-order valence-electron chi connectivity index (χ1n) is 5.55. The molecule has 0 bridgehead atoms. The van der Waals surface area contributed by atoms with Crippen molar-refractivity contribution in [1.82, 2.24) is 15.0 Å². The molecule has 0 unspecified atom stereocenters. The molecule has 0 aromatic carbocycles. The Bertz CT molecular complexity index is 574. The molecule has 0 amide bonds. The van der Waals surface area contributed by atoms with Crippen LogP contribution in [0.15, 0.2) is 0 Å². The van der Waals surface area contributed by atoms with Gasteiger partial charge in [-0.1, -0.05) is 0 Å². The minimum atomic E-state index is -0.156. The molecule has 10 heteroatoms. The molecule has 0 fully saturated rings. The zero-order chi connectivity index (χ0) is 15.7. The Morgan fingerprint density at radius 3 is 1.33 bits per heavy atom. The van der Waals surface area contributed by atoms with Crippen molar-refractivity contribution >= 4 is 23.5 Å². The molecule has 0 spiro atoms. The van der Waals surface area contributed by atoms with Crippen LogP contribution in [-0.4, -0.2) is 41.1 Å². The Hall–Kier alpha value is -3.14. The average Bonchev–Trinajstić information content (AvgIpc) is 2.46. The summed E-state index contributed by atoms with van der Waals surface area (Å²) < 4.78 is 0. The Kier molecular flexibility index (Phi) is 6.15. The second-order valence-corrected chi connectivity index (χ2v) is 3.89. The summed E-state index contributed by atoms with van der Waals surface area (Å²) in [5.41, 5.74) is 0. The van der Waals surface area contributed by atoms with Gasteiger partial charge in [-0.3, -0.25) is 0 Å². The average molecular weight is 302 g/mol. The molecule has 104 valence electrons. The molecule has 0 saturated carbocycles. The minimum absolute atomic E-state index is 0.0361. The highest BCUT2D eigenvalue weighted by atomic mass is 35.5. The molecule has 0 aliphatic carbocycles. The SMILES string of the molecule is N#CCN(CC#N)c1nc(Cl)nc(N(CC#N)CC#N)n1. The largest absolute Gasteiger partial charge is 0.314 e. The van der Waals surface area contributed by atoms with E-state index in [1.54, 1.807) is 0 Å². The number of rotatable bonds is 6. The van der Waals surface area contributed by atoms with Crippen molar-refractivity contribution < 1.29 is 0 Å². The van der Waals surface area contributed by atoms with Crippen molar-refractivity contribution in [2.75, 3.05) is 36.0 Å². The fraction of sp³-hybridized carbons (Fsp3) is 0.364. The number of hydrogen-bond acceptors (Lipinski definition) is 9. The quantitative estimate of drug-likeness (QED) is 0.675. The lowest BCUT2D eigenvalue weighted by molar-refractivity contribution is 0.838. The van der Waals surface area contributed by atoms with Crippen LogP contribution < -0.4 is 9.80 Å². The van der Waals surface area contributed by atoms with Crippen molar-refractivity contribution in [1.29, 1.82) is 21.0 Å². The summed E-state index contributed by atoms with van der Waals surface area (Å²) in [5.74, 6) is 0.0722. The third-order valence-electron chi connectivity index (χ3n) is 2.20. The second-order valence-electron chi connectivity index (χ2n) is 3.55. The maximum Gasteiger partial charge on any atom is 0.233 e. The van der Waals surface area contributed by atoms with Gasteiger partial charge < -0.3 is 9.80 Å². The molecule has 0 saturated heterocycles. The number of halogens is 1. The van der Waals surface area contributed by atoms with Crippen LogP contribution in [0.1, 0.15) is 0 Å². The van der Waals surface area contributed by atoms with Crippen molar-refractivity contribution in [2.45, 2.75) is 0 Å². The standard InChI is InChI=1S/C11H8ClN9/c12-9-17-10(20(5-1-13)6-2-14)19-11(18-9)21(7-3-15)8-4-16/h5-8H2. The van der Waals surface area contributed by atoms with Crippen molar-refractivity contribution in [3.63, 3.8) is 0 Å². The van der Waals surface area contributed by atoms with E-state index >= 15 is 0 Å². The number of anilines is 2. The van der Waals surface area contributed by atoms with Crippen molar-refractivity contribution in [3.8, 4) is 24.3 Å². The first-order valence-corrected chi connectivity index (χ1v) is 5.93. The minimum Gasteiger partial charge on any atom is -0.314 e. The summed E-state index contributed by atoms with van der Waals surface area (Å²) in [5, 5.41) is 34.8. The number of hydrogen-bond donors (Lipinski definition) is 0. The number of aromatic nitrogens is 3. The lowest BCUT2D eigenvalue weighted by Gasteiger charge is -2.19. The molecule has 0 N–H and O–H groups in total. The van der Waals surface area contributed by atoms with Gasteiger partial charge in [-0.15, -0.1) is 0 Å². The summed E-state index contributed by atoms with van der Waals surface area (Å²) >= 11 is 5.79. The van der Waals surface area contributed by atoms with Gasteiger partial charge in [-0.25, -0.2) is 0 Å². The lowest BCUT2D eigenvalue weighted by Crippen LogP contribution is -2.30. The molecular formula is C11H8ClN9. The zero-order valence-corrected chi connectivity index (χ0v) is 11.5. The van der Waals surface area contributed by atoms with Crippen LogP contribution >= 0.6 is 11.6 Å². The van der Waals surface area contributed by atoms with Crippen LogP contribution in [0.5, 0.6) is 0 Å². The van der Waals surface area contributed by atoms with Crippen LogP contribution in [0.4, 0.5) is 11.9 Å². The third kappa shape index (κ3) is 4.47. The van der Waals surface area contributed by atoms with E-state index in [9.17, 15) is 0 Å². The zero-order valence-electron chi connectivity index (χ0n) is 10.7. The van der Waals surface area contributed by atoms with E-state index in [0.29, 0.717) is 0 Å². The maximum absolute atomic E-state index is 8.74. The van der Waals surface area contributed by atoms with Gasteiger partial charge in [0.2, 0.25) is 17.2 Å². The summed E-state index contributed by atoms with van der Waals surface area (Å²) in [4.78, 5) is 14.3. The topological polar surface area (TPSA) is 140 Å². The second kappa shape index (κ2) is 8.12. The first kappa shape index (κ1) is 15.9. The van der Waals surface area contributed by atoms with Gasteiger partial charge in [0, 0.05) is 0 Å². The highest BCUT2D eigenvalue weighted by Gasteiger charge is 2.16. The van der Waals surface area contributed by atoms with E-state index in [1.165, 1.54) is 9.80 Å². The molecule has 1 heterocycles. The fourth-order valence-electron chi connectivity index (χ4n) is 1.35. The molecule has 21 heavy (non-hydrogen) atoms. The van der Waals surface area contributed by atoms with E-state index in [-0.39, 0.29) is 43.4 Å². The maximum atomic E-state index is 8.74. The van der Waals surface area contributed by atoms with E-state index in [1.807, 2.05) is 24.3 Å². The molecule has 1 aromatic heterocycles. The van der Waals surface area contributed by atoms with Crippen molar-refractivity contribution in [2.24, 2.45) is 0 Å². The third-order valence-corrected chi connectivity index (χ3v) is 2.37. The van der Waals surface area contributed by atoms with Crippen LogP contribution in [0, 0.1) is 45.3 Å². The predicted molar refractivity (Wildman–Crippen MR) is 71.7 cm³/mol. The van der Waals surface area contributed by atoms with Crippen LogP contribution in [0.25, 0.3) is 0 Å². The number of nitriles is 4. The van der Waals surface area contributed by atoms with E-state index in [2.05, 4.69) is 15.0 Å². The van der Waals surface area contributed by atoms with E-state index in [0.717, 1.165) is 0 Å². The predicted octanol–water partition coefficient (Wildman–Crippen LogP) is 0.232. The number of nitrogens with zero attached hydrogens (tertiary/aromatic N) is 9. The van der Waals surface area contributed by atoms with Gasteiger partial charge >= 0.3 is 0 Å². The summed E-state index contributed by atoms with van der Waals surface area (Å²) in [6.07, 6.45) is 0. The molecule has 0 aliphatic heterocycles. The van der Waals surface area contributed by atoms with Gasteiger partial charge in [0.25, 0.3) is 0 Å². The molecule has 0 atom stereocenters. The summed E-state index contributed by atoms with van der Waals surface area (Å²) in [6, 6.07) is 7.53. The molecule has 0 aliphatic rings. The van der Waals surface area contributed by atoms with Gasteiger partial charge in [0.15, 0.2) is 0 Å². The van der Waals surface area contributed by atoms with Crippen LogP contribution in [0.3, 0.4) is 0 Å². The normalized spacial score (nSPS) is 8.81. The summed E-state index contributed by atoms with van der Waals surface area (Å²) in [6.45, 7) is -0.429. The highest BCUT2D eigenvalue weighted by molar-refractivity contribution is 6.28. The van der Waals surface area contributed by atoms with E-state index < -0.39 is 0 Å². The summed E-state index contributed by atoms with van der Waals surface area (Å²) in [7, 11) is 0. The fourth-order valence-corrected chi connectivity index (χ4v) is 1.50. The molecule has 1 rings (SSSR count). The van der Waals surface area contributed by atoms with Gasteiger partial charge in [-0.2, -0.15) is 36.0 Å². The van der Waals surface area contributed by atoms with Gasteiger partial charge in [0.1, 0.15) is 26.2 Å².